The fourth-order valence-electron chi connectivity index (χ4n) is 4.13. The molecule has 0 bridgehead atoms. The number of aromatic nitrogens is 1. The molecule has 0 saturated carbocycles. The molecular formula is C22H25FN2O3. The molecule has 28 heavy (non-hydrogen) atoms. The summed E-state index contributed by atoms with van der Waals surface area (Å²) < 4.78 is 25.4. The summed E-state index contributed by atoms with van der Waals surface area (Å²) in [7, 11) is 1.70. The summed E-state index contributed by atoms with van der Waals surface area (Å²) in [6.45, 7) is 5.08. The highest BCUT2D eigenvalue weighted by atomic mass is 19.1. The Kier molecular flexibility index (Phi) is 5.27. The molecular weight excluding hydrogens is 359 g/mol. The van der Waals surface area contributed by atoms with E-state index in [9.17, 15) is 9.18 Å². The molecule has 1 aromatic heterocycles. The molecule has 148 valence electrons. The monoisotopic (exact) mass is 384 g/mol. The lowest BCUT2D eigenvalue weighted by Crippen LogP contribution is -2.54. The SMILES string of the molecule is COC1(c2cc(-c3ccc(C)c(F)c3)ncc2C=O)CCN(C2COC2)CC1. The summed E-state index contributed by atoms with van der Waals surface area (Å²) in [6, 6.07) is 7.46. The van der Waals surface area contributed by atoms with Crippen molar-refractivity contribution in [3.8, 4) is 11.3 Å². The number of likely N-dealkylation sites (tertiary alicyclic amines) is 1. The van der Waals surface area contributed by atoms with Gasteiger partial charge in [-0.2, -0.15) is 0 Å². The molecule has 0 N–H and O–H groups in total. The van der Waals surface area contributed by atoms with E-state index in [1.54, 1.807) is 26.3 Å². The molecule has 4 rings (SSSR count). The second kappa shape index (κ2) is 7.70. The van der Waals surface area contributed by atoms with Gasteiger partial charge in [-0.25, -0.2) is 4.39 Å². The highest BCUT2D eigenvalue weighted by Crippen LogP contribution is 2.39. The fourth-order valence-corrected chi connectivity index (χ4v) is 4.13. The normalized spacial score (nSPS) is 20.0. The Morgan fingerprint density at radius 3 is 2.61 bits per heavy atom. The van der Waals surface area contributed by atoms with E-state index in [1.165, 1.54) is 6.07 Å². The van der Waals surface area contributed by atoms with Crippen molar-refractivity contribution in [2.24, 2.45) is 0 Å². The van der Waals surface area contributed by atoms with Gasteiger partial charge in [0.05, 0.1) is 30.6 Å². The Labute approximate surface area is 164 Å². The van der Waals surface area contributed by atoms with Gasteiger partial charge in [0.2, 0.25) is 0 Å². The van der Waals surface area contributed by atoms with Crippen molar-refractivity contribution in [3.05, 3.63) is 53.0 Å². The maximum absolute atomic E-state index is 14.0. The minimum absolute atomic E-state index is 0.266. The number of benzene rings is 1. The van der Waals surface area contributed by atoms with Crippen LogP contribution in [0.25, 0.3) is 11.3 Å². The number of carbonyl (C=O) groups excluding carboxylic acids is 1. The standard InChI is InChI=1S/C22H25FN2O3/c1-15-3-4-16(9-20(15)23)21-10-19(17(12-26)11-24-21)22(27-2)5-7-25(8-6-22)18-13-28-14-18/h3-4,9-12,18H,5-8,13-14H2,1-2H3. The summed E-state index contributed by atoms with van der Waals surface area (Å²) in [4.78, 5) is 18.5. The zero-order valence-electron chi connectivity index (χ0n) is 16.3. The van der Waals surface area contributed by atoms with Crippen LogP contribution in [0.5, 0.6) is 0 Å². The van der Waals surface area contributed by atoms with Crippen LogP contribution in [0.2, 0.25) is 0 Å². The van der Waals surface area contributed by atoms with Gasteiger partial charge >= 0.3 is 0 Å². The van der Waals surface area contributed by atoms with Crippen LogP contribution in [0.1, 0.15) is 34.3 Å². The molecule has 0 radical (unpaired) electrons. The summed E-state index contributed by atoms with van der Waals surface area (Å²) in [6.07, 6.45) is 3.97. The van der Waals surface area contributed by atoms with Crippen LogP contribution in [0.4, 0.5) is 4.39 Å². The van der Waals surface area contributed by atoms with Crippen LogP contribution in [-0.4, -0.2) is 55.6 Å². The molecule has 0 aliphatic carbocycles. The Bertz CT molecular complexity index is 874. The molecule has 2 aromatic rings. The predicted octanol–water partition coefficient (Wildman–Crippen LogP) is 3.34. The quantitative estimate of drug-likeness (QED) is 0.740. The van der Waals surface area contributed by atoms with Crippen LogP contribution in [0, 0.1) is 12.7 Å². The minimum Gasteiger partial charge on any atom is -0.378 e. The number of ether oxygens (including phenoxy) is 2. The van der Waals surface area contributed by atoms with E-state index in [0.717, 1.165) is 51.0 Å². The van der Waals surface area contributed by atoms with Crippen LogP contribution >= 0.6 is 0 Å². The van der Waals surface area contributed by atoms with E-state index in [-0.39, 0.29) is 5.82 Å². The number of rotatable bonds is 5. The molecule has 5 nitrogen and oxygen atoms in total. The molecule has 2 fully saturated rings. The molecule has 0 unspecified atom stereocenters. The van der Waals surface area contributed by atoms with Gasteiger partial charge in [0.1, 0.15) is 5.82 Å². The third-order valence-electron chi connectivity index (χ3n) is 6.15. The first-order valence-electron chi connectivity index (χ1n) is 9.65. The van der Waals surface area contributed by atoms with Crippen molar-refractivity contribution in [1.29, 1.82) is 0 Å². The topological polar surface area (TPSA) is 51.7 Å². The number of hydrogen-bond donors (Lipinski definition) is 0. The van der Waals surface area contributed by atoms with E-state index >= 15 is 0 Å². The second-order valence-corrected chi connectivity index (χ2v) is 7.66. The number of methoxy groups -OCH3 is 1. The Morgan fingerprint density at radius 2 is 2.04 bits per heavy atom. The first-order chi connectivity index (χ1) is 13.6. The lowest BCUT2D eigenvalue weighted by atomic mass is 9.81. The molecule has 1 aromatic carbocycles. The predicted molar refractivity (Wildman–Crippen MR) is 104 cm³/mol. The van der Waals surface area contributed by atoms with E-state index in [0.29, 0.717) is 28.4 Å². The van der Waals surface area contributed by atoms with Crippen molar-refractivity contribution < 1.29 is 18.7 Å². The summed E-state index contributed by atoms with van der Waals surface area (Å²) >= 11 is 0. The van der Waals surface area contributed by atoms with Crippen LogP contribution in [0.15, 0.2) is 30.5 Å². The van der Waals surface area contributed by atoms with Gasteiger partial charge in [-0.3, -0.25) is 14.7 Å². The van der Waals surface area contributed by atoms with E-state index in [4.69, 9.17) is 9.47 Å². The number of halogens is 1. The lowest BCUT2D eigenvalue weighted by Gasteiger charge is -2.46. The number of piperidine rings is 1. The number of hydrogen-bond acceptors (Lipinski definition) is 5. The first-order valence-corrected chi connectivity index (χ1v) is 9.65. The maximum atomic E-state index is 14.0. The average molecular weight is 384 g/mol. The molecule has 2 saturated heterocycles. The van der Waals surface area contributed by atoms with Gasteiger partial charge in [-0.15, -0.1) is 0 Å². The minimum atomic E-state index is -0.543. The number of aryl methyl sites for hydroxylation is 1. The number of pyridine rings is 1. The zero-order chi connectivity index (χ0) is 19.7. The van der Waals surface area contributed by atoms with Crippen LogP contribution < -0.4 is 0 Å². The van der Waals surface area contributed by atoms with E-state index in [1.807, 2.05) is 12.1 Å². The van der Waals surface area contributed by atoms with Gasteiger partial charge in [-0.05, 0) is 43.0 Å². The number of carbonyl (C=O) groups is 1. The molecule has 2 aliphatic rings. The number of nitrogens with zero attached hydrogens (tertiary/aromatic N) is 2. The van der Waals surface area contributed by atoms with Crippen LogP contribution in [0.3, 0.4) is 0 Å². The Hall–Kier alpha value is -2.15. The van der Waals surface area contributed by atoms with Crippen molar-refractivity contribution in [1.82, 2.24) is 9.88 Å². The molecule has 0 amide bonds. The first kappa shape index (κ1) is 19.2. The summed E-state index contributed by atoms with van der Waals surface area (Å²) in [5.74, 6) is -0.266. The van der Waals surface area contributed by atoms with Crippen LogP contribution in [-0.2, 0) is 15.1 Å². The summed E-state index contributed by atoms with van der Waals surface area (Å²) in [5, 5.41) is 0. The fraction of sp³-hybridized carbons (Fsp3) is 0.455. The smallest absolute Gasteiger partial charge is 0.151 e. The van der Waals surface area contributed by atoms with Crippen molar-refractivity contribution in [2.45, 2.75) is 31.4 Å². The van der Waals surface area contributed by atoms with Gasteiger partial charge in [0.25, 0.3) is 0 Å². The number of aldehydes is 1. The molecule has 0 atom stereocenters. The van der Waals surface area contributed by atoms with Crippen molar-refractivity contribution in [2.75, 3.05) is 33.4 Å². The van der Waals surface area contributed by atoms with Crippen molar-refractivity contribution in [3.63, 3.8) is 0 Å². The van der Waals surface area contributed by atoms with Crippen molar-refractivity contribution >= 4 is 6.29 Å². The Morgan fingerprint density at radius 1 is 1.29 bits per heavy atom. The van der Waals surface area contributed by atoms with Gasteiger partial charge in [0, 0.05) is 37.5 Å². The second-order valence-electron chi connectivity index (χ2n) is 7.66. The molecule has 3 heterocycles. The third-order valence-corrected chi connectivity index (χ3v) is 6.15. The van der Waals surface area contributed by atoms with Gasteiger partial charge in [0.15, 0.2) is 6.29 Å². The maximum Gasteiger partial charge on any atom is 0.151 e. The highest BCUT2D eigenvalue weighted by Gasteiger charge is 2.41. The molecule has 0 spiro atoms. The zero-order valence-corrected chi connectivity index (χ0v) is 16.3. The molecule has 2 aliphatic heterocycles. The van der Waals surface area contributed by atoms with E-state index in [2.05, 4.69) is 9.88 Å². The summed E-state index contributed by atoms with van der Waals surface area (Å²) in [5.41, 5.74) is 2.74. The highest BCUT2D eigenvalue weighted by molar-refractivity contribution is 5.79. The van der Waals surface area contributed by atoms with Gasteiger partial charge in [-0.1, -0.05) is 12.1 Å². The lowest BCUT2D eigenvalue weighted by molar-refractivity contribution is -0.112. The Balaban J connectivity index is 1.68. The third kappa shape index (κ3) is 3.36. The largest absolute Gasteiger partial charge is 0.378 e. The van der Waals surface area contributed by atoms with Gasteiger partial charge < -0.3 is 9.47 Å². The van der Waals surface area contributed by atoms with E-state index < -0.39 is 5.60 Å². The molecule has 6 heteroatoms. The average Bonchev–Trinajstić information content (AvgIpc) is 2.69.